The minimum absolute atomic E-state index is 0.0964. The molecule has 0 radical (unpaired) electrons. The molecule has 0 rings (SSSR count). The second-order valence-corrected chi connectivity index (χ2v) is 15.3. The van der Waals surface area contributed by atoms with Gasteiger partial charge in [0.05, 0.1) is 19.8 Å². The molecule has 0 aromatic carbocycles. The molecule has 0 aromatic rings. The molecule has 8 nitrogen and oxygen atoms in total. The van der Waals surface area contributed by atoms with Crippen molar-refractivity contribution in [2.45, 2.75) is 187 Å². The summed E-state index contributed by atoms with van der Waals surface area (Å²) >= 11 is 0. The Labute approximate surface area is 320 Å². The van der Waals surface area contributed by atoms with Crippen LogP contribution in [0.4, 0.5) is 0 Å². The number of phosphoric acid groups is 1. The molecule has 0 heterocycles. The average molecular weight is 754 g/mol. The fraction of sp³-hybridized carbons (Fsp3) is 0.791. The van der Waals surface area contributed by atoms with Gasteiger partial charge in [-0.2, -0.15) is 0 Å². The topological polar surface area (TPSA) is 117 Å². The third-order valence-corrected chi connectivity index (χ3v) is 9.71. The van der Waals surface area contributed by atoms with E-state index in [0.717, 1.165) is 70.6 Å². The van der Waals surface area contributed by atoms with E-state index in [-0.39, 0.29) is 32.3 Å². The van der Waals surface area contributed by atoms with Gasteiger partial charge in [-0.15, -0.1) is 0 Å². The molecule has 0 aliphatic heterocycles. The molecule has 0 saturated carbocycles. The van der Waals surface area contributed by atoms with Gasteiger partial charge >= 0.3 is 13.8 Å². The molecule has 9 heteroatoms. The number of allylic oxidation sites excluding steroid dienone is 8. The molecule has 0 bridgehead atoms. The molecule has 304 valence electrons. The maximum Gasteiger partial charge on any atom is 0.472 e. The van der Waals surface area contributed by atoms with E-state index in [2.05, 4.69) is 62.5 Å². The Bertz CT molecular complexity index is 936. The van der Waals surface area contributed by atoms with Gasteiger partial charge in [-0.25, -0.2) is 4.57 Å². The summed E-state index contributed by atoms with van der Waals surface area (Å²) in [6, 6.07) is 0. The van der Waals surface area contributed by atoms with Crippen LogP contribution in [0, 0.1) is 0 Å². The van der Waals surface area contributed by atoms with Crippen LogP contribution < -0.4 is 5.73 Å². The monoisotopic (exact) mass is 754 g/mol. The van der Waals surface area contributed by atoms with Crippen molar-refractivity contribution < 1.29 is 32.8 Å². The van der Waals surface area contributed by atoms with E-state index in [1.54, 1.807) is 0 Å². The number of rotatable bonds is 40. The molecule has 0 spiro atoms. The van der Waals surface area contributed by atoms with Crippen LogP contribution in [0.3, 0.4) is 0 Å². The van der Waals surface area contributed by atoms with Crippen LogP contribution in [0.2, 0.25) is 0 Å². The van der Waals surface area contributed by atoms with Crippen molar-refractivity contribution >= 4 is 13.8 Å². The standard InChI is InChI=1S/C43H80NO7P/c1-3-5-7-9-11-13-15-17-19-20-21-23-25-27-29-31-33-35-38-48-40-42(41-50-52(46,47)49-39-37-44)51-43(45)36-34-32-30-28-26-24-22-18-16-14-12-10-8-6-4-2/h5,7,11,13,17-19,22,42H,3-4,6,8-10,12,14-16,20-21,23-41,44H2,1-2H3,(H,46,47)/b7-5-,13-11-,19-17-,22-18-. The van der Waals surface area contributed by atoms with Crippen LogP contribution in [-0.4, -0.2) is 49.9 Å². The number of carbonyl (C=O) groups is 1. The zero-order valence-corrected chi connectivity index (χ0v) is 34.4. The van der Waals surface area contributed by atoms with Gasteiger partial charge in [-0.3, -0.25) is 13.8 Å². The summed E-state index contributed by atoms with van der Waals surface area (Å²) in [4.78, 5) is 22.4. The summed E-state index contributed by atoms with van der Waals surface area (Å²) in [5.74, 6) is -0.343. The highest BCUT2D eigenvalue weighted by Crippen LogP contribution is 2.43. The largest absolute Gasteiger partial charge is 0.472 e. The summed E-state index contributed by atoms with van der Waals surface area (Å²) in [5.41, 5.74) is 5.36. The van der Waals surface area contributed by atoms with Gasteiger partial charge in [-0.05, 0) is 70.6 Å². The number of hydrogen-bond donors (Lipinski definition) is 2. The Morgan fingerprint density at radius 3 is 1.63 bits per heavy atom. The molecule has 0 aliphatic carbocycles. The van der Waals surface area contributed by atoms with Gasteiger partial charge in [0.15, 0.2) is 0 Å². The molecular weight excluding hydrogens is 673 g/mol. The first-order chi connectivity index (χ1) is 25.4. The van der Waals surface area contributed by atoms with Gasteiger partial charge in [0, 0.05) is 19.6 Å². The van der Waals surface area contributed by atoms with Crippen molar-refractivity contribution in [3.63, 3.8) is 0 Å². The molecule has 2 unspecified atom stereocenters. The first kappa shape index (κ1) is 50.5. The Balaban J connectivity index is 4.06. The van der Waals surface area contributed by atoms with Crippen molar-refractivity contribution in [3.05, 3.63) is 48.6 Å². The second-order valence-electron chi connectivity index (χ2n) is 13.8. The minimum Gasteiger partial charge on any atom is -0.457 e. The summed E-state index contributed by atoms with van der Waals surface area (Å²) in [5, 5.41) is 0. The highest BCUT2D eigenvalue weighted by atomic mass is 31.2. The minimum atomic E-state index is -4.28. The smallest absolute Gasteiger partial charge is 0.457 e. The number of carbonyl (C=O) groups excluding carboxylic acids is 1. The van der Waals surface area contributed by atoms with Crippen molar-refractivity contribution in [1.29, 1.82) is 0 Å². The summed E-state index contributed by atoms with van der Waals surface area (Å²) in [6.07, 6.45) is 46.9. The van der Waals surface area contributed by atoms with E-state index in [1.807, 2.05) is 0 Å². The maximum atomic E-state index is 12.6. The normalized spacial score (nSPS) is 14.0. The van der Waals surface area contributed by atoms with Crippen molar-refractivity contribution in [2.24, 2.45) is 5.73 Å². The number of esters is 1. The first-order valence-electron chi connectivity index (χ1n) is 21.1. The van der Waals surface area contributed by atoms with Gasteiger partial charge in [0.1, 0.15) is 6.10 Å². The van der Waals surface area contributed by atoms with Gasteiger partial charge in [0.25, 0.3) is 0 Å². The molecule has 0 amide bonds. The third kappa shape index (κ3) is 39.7. The second kappa shape index (κ2) is 40.6. The van der Waals surface area contributed by atoms with E-state index >= 15 is 0 Å². The van der Waals surface area contributed by atoms with Crippen molar-refractivity contribution in [1.82, 2.24) is 0 Å². The Kier molecular flexibility index (Phi) is 39.4. The molecule has 2 atom stereocenters. The average Bonchev–Trinajstić information content (AvgIpc) is 3.13. The van der Waals surface area contributed by atoms with Crippen LogP contribution in [-0.2, 0) is 27.9 Å². The number of nitrogens with two attached hydrogens (primary N) is 1. The van der Waals surface area contributed by atoms with E-state index < -0.39 is 13.9 Å². The summed E-state index contributed by atoms with van der Waals surface area (Å²) < 4.78 is 33.4. The predicted molar refractivity (Wildman–Crippen MR) is 219 cm³/mol. The van der Waals surface area contributed by atoms with Crippen LogP contribution in [0.25, 0.3) is 0 Å². The van der Waals surface area contributed by atoms with Crippen LogP contribution >= 0.6 is 7.82 Å². The lowest BCUT2D eigenvalue weighted by atomic mass is 10.1. The zero-order chi connectivity index (χ0) is 38.1. The fourth-order valence-corrected chi connectivity index (χ4v) is 6.42. The lowest BCUT2D eigenvalue weighted by molar-refractivity contribution is -0.154. The van der Waals surface area contributed by atoms with Gasteiger partial charge < -0.3 is 20.1 Å². The number of unbranched alkanes of at least 4 members (excludes halogenated alkanes) is 19. The molecule has 3 N–H and O–H groups in total. The fourth-order valence-electron chi connectivity index (χ4n) is 5.65. The van der Waals surface area contributed by atoms with E-state index in [4.69, 9.17) is 24.3 Å². The third-order valence-electron chi connectivity index (χ3n) is 8.73. The van der Waals surface area contributed by atoms with Crippen LogP contribution in [0.15, 0.2) is 48.6 Å². The molecule has 0 aromatic heterocycles. The molecule has 0 aliphatic rings. The zero-order valence-electron chi connectivity index (χ0n) is 33.5. The number of ether oxygens (including phenoxy) is 2. The number of phosphoric ester groups is 1. The predicted octanol–water partition coefficient (Wildman–Crippen LogP) is 12.4. The van der Waals surface area contributed by atoms with E-state index in [0.29, 0.717) is 13.0 Å². The van der Waals surface area contributed by atoms with Crippen molar-refractivity contribution in [2.75, 3.05) is 33.0 Å². The van der Waals surface area contributed by atoms with Gasteiger partial charge in [-0.1, -0.05) is 152 Å². The molecular formula is C43H80NO7P. The van der Waals surface area contributed by atoms with E-state index in [1.165, 1.54) is 89.9 Å². The lowest BCUT2D eigenvalue weighted by Gasteiger charge is -2.20. The van der Waals surface area contributed by atoms with Crippen LogP contribution in [0.5, 0.6) is 0 Å². The SMILES string of the molecule is CC/C=C\C/C=C\C/C=C\CCCCCCCCCCOCC(COP(=O)(O)OCCN)OC(=O)CCCCCCC/C=C\CCCCCCCC. The van der Waals surface area contributed by atoms with Crippen molar-refractivity contribution in [3.8, 4) is 0 Å². The Hall–Kier alpha value is -1.54. The van der Waals surface area contributed by atoms with Crippen LogP contribution in [0.1, 0.15) is 181 Å². The maximum absolute atomic E-state index is 12.6. The summed E-state index contributed by atoms with van der Waals surface area (Å²) in [6.45, 7) is 4.78. The molecule has 52 heavy (non-hydrogen) atoms. The number of hydrogen-bond acceptors (Lipinski definition) is 7. The molecule has 0 fully saturated rings. The highest BCUT2D eigenvalue weighted by Gasteiger charge is 2.25. The quantitative estimate of drug-likeness (QED) is 0.0275. The molecule has 0 saturated heterocycles. The first-order valence-corrected chi connectivity index (χ1v) is 22.6. The van der Waals surface area contributed by atoms with Gasteiger partial charge in [0.2, 0.25) is 0 Å². The Morgan fingerprint density at radius 2 is 1.08 bits per heavy atom. The lowest BCUT2D eigenvalue weighted by Crippen LogP contribution is -2.28. The summed E-state index contributed by atoms with van der Waals surface area (Å²) in [7, 11) is -4.28. The van der Waals surface area contributed by atoms with E-state index in [9.17, 15) is 14.3 Å². The Morgan fingerprint density at radius 1 is 0.596 bits per heavy atom. The highest BCUT2D eigenvalue weighted by molar-refractivity contribution is 7.47.